The molecule has 2 aromatic carbocycles. The Morgan fingerprint density at radius 2 is 1.93 bits per heavy atom. The van der Waals surface area contributed by atoms with Gasteiger partial charge >= 0.3 is 5.63 Å². The van der Waals surface area contributed by atoms with Crippen molar-refractivity contribution in [3.8, 4) is 0 Å². The van der Waals surface area contributed by atoms with E-state index < -0.39 is 11.4 Å². The highest BCUT2D eigenvalue weighted by atomic mass is 19.1. The van der Waals surface area contributed by atoms with Crippen LogP contribution in [0, 0.1) is 17.6 Å². The van der Waals surface area contributed by atoms with E-state index in [0.717, 1.165) is 18.9 Å². The van der Waals surface area contributed by atoms with Crippen LogP contribution in [0.25, 0.3) is 10.8 Å². The van der Waals surface area contributed by atoms with E-state index >= 15 is 0 Å². The van der Waals surface area contributed by atoms with Crippen molar-refractivity contribution in [2.75, 3.05) is 5.32 Å². The van der Waals surface area contributed by atoms with Crippen molar-refractivity contribution >= 4 is 22.4 Å². The highest BCUT2D eigenvalue weighted by Crippen LogP contribution is 2.43. The maximum atomic E-state index is 14.1. The van der Waals surface area contributed by atoms with Crippen molar-refractivity contribution in [1.29, 1.82) is 0 Å². The van der Waals surface area contributed by atoms with Crippen LogP contribution in [0.5, 0.6) is 0 Å². The molecule has 1 aliphatic carbocycles. The van der Waals surface area contributed by atoms with Gasteiger partial charge in [0.15, 0.2) is 5.78 Å². The smallest absolute Gasteiger partial charge is 0.348 e. The molecule has 0 radical (unpaired) electrons. The Kier molecular flexibility index (Phi) is 4.26. The summed E-state index contributed by atoms with van der Waals surface area (Å²) >= 11 is 0. The van der Waals surface area contributed by atoms with Gasteiger partial charge in [0.1, 0.15) is 17.0 Å². The summed E-state index contributed by atoms with van der Waals surface area (Å²) in [5.41, 5.74) is -0.0375. The first-order valence-electron chi connectivity index (χ1n) is 8.74. The molecule has 0 saturated heterocycles. The summed E-state index contributed by atoms with van der Waals surface area (Å²) in [7, 11) is 0. The molecular formula is C21H17F2NO3. The lowest BCUT2D eigenvalue weighted by molar-refractivity contribution is 0.101. The van der Waals surface area contributed by atoms with Gasteiger partial charge in [-0.25, -0.2) is 13.6 Å². The number of benzene rings is 2. The monoisotopic (exact) mass is 369 g/mol. The van der Waals surface area contributed by atoms with Gasteiger partial charge in [-0.1, -0.05) is 24.3 Å². The minimum absolute atomic E-state index is 0.00763. The summed E-state index contributed by atoms with van der Waals surface area (Å²) < 4.78 is 33.1. The lowest BCUT2D eigenvalue weighted by Gasteiger charge is -2.21. The normalized spacial score (nSPS) is 14.9. The molecular weight excluding hydrogens is 352 g/mol. The number of hydrogen-bond acceptors (Lipinski definition) is 4. The number of carbonyl (C=O) groups is 1. The minimum atomic E-state index is -0.857. The zero-order valence-corrected chi connectivity index (χ0v) is 14.6. The van der Waals surface area contributed by atoms with Crippen LogP contribution in [0.15, 0.2) is 51.7 Å². The number of Topliss-reactive ketones (excluding diaryl/α,β-unsaturated/α-hetero) is 1. The van der Waals surface area contributed by atoms with Crippen LogP contribution in [0.1, 0.15) is 41.7 Å². The zero-order valence-electron chi connectivity index (χ0n) is 14.6. The molecule has 0 spiro atoms. The van der Waals surface area contributed by atoms with Crippen molar-refractivity contribution in [2.24, 2.45) is 5.92 Å². The van der Waals surface area contributed by atoms with Gasteiger partial charge < -0.3 is 9.73 Å². The molecule has 0 bridgehead atoms. The van der Waals surface area contributed by atoms with Crippen molar-refractivity contribution in [2.45, 2.75) is 25.8 Å². The lowest BCUT2D eigenvalue weighted by atomic mass is 10.0. The molecule has 138 valence electrons. The number of anilines is 1. The molecule has 1 aromatic heterocycles. The van der Waals surface area contributed by atoms with E-state index in [1.807, 2.05) is 0 Å². The third-order valence-corrected chi connectivity index (χ3v) is 4.85. The minimum Gasteiger partial charge on any atom is -0.405 e. The second-order valence-electron chi connectivity index (χ2n) is 6.83. The third-order valence-electron chi connectivity index (χ3n) is 4.85. The molecule has 0 amide bonds. The fourth-order valence-electron chi connectivity index (χ4n) is 3.45. The van der Waals surface area contributed by atoms with Crippen LogP contribution in [0.2, 0.25) is 0 Å². The van der Waals surface area contributed by atoms with Gasteiger partial charge in [-0.3, -0.25) is 4.79 Å². The standard InChI is InChI=1S/C21H17F2NO3/c1-11(25)17-15-6-3-7-16(23)18(15)21(26)27-20(17)24-19(12-8-9-12)13-4-2-5-14(22)10-13/h2-7,10,12,19,24H,8-9H2,1H3. The Morgan fingerprint density at radius 3 is 2.59 bits per heavy atom. The van der Waals surface area contributed by atoms with Gasteiger partial charge in [0.2, 0.25) is 5.88 Å². The maximum Gasteiger partial charge on any atom is 0.348 e. The SMILES string of the molecule is CC(=O)c1c(NC(c2cccc(F)c2)C2CC2)oc(=O)c2c(F)cccc12. The van der Waals surface area contributed by atoms with E-state index in [0.29, 0.717) is 5.56 Å². The van der Waals surface area contributed by atoms with Crippen LogP contribution in [0.3, 0.4) is 0 Å². The van der Waals surface area contributed by atoms with E-state index in [2.05, 4.69) is 5.32 Å². The molecule has 1 N–H and O–H groups in total. The largest absolute Gasteiger partial charge is 0.405 e. The van der Waals surface area contributed by atoms with Crippen LogP contribution in [0.4, 0.5) is 14.7 Å². The van der Waals surface area contributed by atoms with E-state index in [-0.39, 0.29) is 45.8 Å². The average molecular weight is 369 g/mol. The van der Waals surface area contributed by atoms with Gasteiger partial charge in [0.05, 0.1) is 11.6 Å². The van der Waals surface area contributed by atoms with Crippen molar-refractivity contribution in [1.82, 2.24) is 0 Å². The molecule has 1 saturated carbocycles. The first kappa shape index (κ1) is 17.4. The Labute approximate surface area is 153 Å². The number of hydrogen-bond donors (Lipinski definition) is 1. The molecule has 1 fully saturated rings. The number of fused-ring (bicyclic) bond motifs is 1. The molecule has 1 atom stereocenters. The van der Waals surface area contributed by atoms with E-state index in [1.54, 1.807) is 12.1 Å². The summed E-state index contributed by atoms with van der Waals surface area (Å²) in [4.78, 5) is 24.6. The summed E-state index contributed by atoms with van der Waals surface area (Å²) in [6.07, 6.45) is 1.88. The third kappa shape index (κ3) is 3.23. The molecule has 0 aliphatic heterocycles. The van der Waals surface area contributed by atoms with E-state index in [1.165, 1.54) is 31.2 Å². The van der Waals surface area contributed by atoms with Crippen LogP contribution < -0.4 is 10.9 Å². The lowest BCUT2D eigenvalue weighted by Crippen LogP contribution is -2.18. The first-order valence-corrected chi connectivity index (χ1v) is 8.74. The summed E-state index contributed by atoms with van der Waals surface area (Å²) in [5.74, 6) is -1.23. The summed E-state index contributed by atoms with van der Waals surface area (Å²) in [5, 5.41) is 3.07. The molecule has 1 unspecified atom stereocenters. The molecule has 4 rings (SSSR count). The van der Waals surface area contributed by atoms with Crippen molar-refractivity contribution < 1.29 is 18.0 Å². The number of rotatable bonds is 5. The van der Waals surface area contributed by atoms with Crippen molar-refractivity contribution in [3.63, 3.8) is 0 Å². The predicted octanol–water partition coefficient (Wildman–Crippen LogP) is 4.84. The molecule has 6 heteroatoms. The highest BCUT2D eigenvalue weighted by Gasteiger charge is 2.34. The maximum absolute atomic E-state index is 14.1. The van der Waals surface area contributed by atoms with Gasteiger partial charge in [-0.2, -0.15) is 0 Å². The summed E-state index contributed by atoms with van der Waals surface area (Å²) in [6.45, 7) is 1.33. The number of nitrogens with one attached hydrogen (secondary N) is 1. The topological polar surface area (TPSA) is 59.3 Å². The molecule has 1 heterocycles. The van der Waals surface area contributed by atoms with Gasteiger partial charge in [-0.15, -0.1) is 0 Å². The fourth-order valence-corrected chi connectivity index (χ4v) is 3.45. The van der Waals surface area contributed by atoms with Gasteiger partial charge in [-0.05, 0) is 49.4 Å². The average Bonchev–Trinajstić information content (AvgIpc) is 3.44. The van der Waals surface area contributed by atoms with Crippen molar-refractivity contribution in [3.05, 3.63) is 75.6 Å². The zero-order chi connectivity index (χ0) is 19.1. The molecule has 1 aliphatic rings. The number of halogens is 2. The van der Waals surface area contributed by atoms with Crippen LogP contribution in [-0.2, 0) is 0 Å². The van der Waals surface area contributed by atoms with Crippen LogP contribution >= 0.6 is 0 Å². The second-order valence-corrected chi connectivity index (χ2v) is 6.83. The fraction of sp³-hybridized carbons (Fsp3) is 0.238. The van der Waals surface area contributed by atoms with Gasteiger partial charge in [0, 0.05) is 5.39 Å². The summed E-state index contributed by atoms with van der Waals surface area (Å²) in [6, 6.07) is 9.97. The second kappa shape index (κ2) is 6.61. The quantitative estimate of drug-likeness (QED) is 0.654. The number of carbonyl (C=O) groups excluding carboxylic acids is 1. The Bertz CT molecular complexity index is 1100. The van der Waals surface area contributed by atoms with Crippen LogP contribution in [-0.4, -0.2) is 5.78 Å². The Balaban J connectivity index is 1.87. The Morgan fingerprint density at radius 1 is 1.19 bits per heavy atom. The number of ketones is 1. The molecule has 27 heavy (non-hydrogen) atoms. The van der Waals surface area contributed by atoms with E-state index in [4.69, 9.17) is 4.42 Å². The Hall–Kier alpha value is -3.02. The molecule has 3 aromatic rings. The first-order chi connectivity index (χ1) is 13.0. The molecule has 4 nitrogen and oxygen atoms in total. The van der Waals surface area contributed by atoms with E-state index in [9.17, 15) is 18.4 Å². The predicted molar refractivity (Wildman–Crippen MR) is 97.9 cm³/mol. The van der Waals surface area contributed by atoms with Gasteiger partial charge in [0.25, 0.3) is 0 Å². The highest BCUT2D eigenvalue weighted by molar-refractivity contribution is 6.10.